The maximum absolute atomic E-state index is 13.3. The van der Waals surface area contributed by atoms with E-state index < -0.39 is 0 Å². The van der Waals surface area contributed by atoms with Crippen LogP contribution in [0.3, 0.4) is 0 Å². The van der Waals surface area contributed by atoms with Crippen LogP contribution in [0.4, 0.5) is 11.4 Å². The Labute approximate surface area is 206 Å². The lowest BCUT2D eigenvalue weighted by Gasteiger charge is -2.32. The predicted octanol–water partition coefficient (Wildman–Crippen LogP) is 6.16. The van der Waals surface area contributed by atoms with E-state index in [4.69, 9.17) is 11.6 Å². The van der Waals surface area contributed by atoms with Crippen molar-refractivity contribution in [3.8, 4) is 0 Å². The van der Waals surface area contributed by atoms with Gasteiger partial charge in [0.15, 0.2) is 0 Å². The van der Waals surface area contributed by atoms with Gasteiger partial charge in [-0.3, -0.25) is 9.59 Å². The van der Waals surface area contributed by atoms with Gasteiger partial charge in [0.05, 0.1) is 16.6 Å². The Hall–Kier alpha value is -3.31. The van der Waals surface area contributed by atoms with E-state index in [-0.39, 0.29) is 23.8 Å². The molecule has 0 aliphatic heterocycles. The first-order chi connectivity index (χ1) is 16.3. The molecule has 1 atom stereocenters. The van der Waals surface area contributed by atoms with Crippen LogP contribution in [0.1, 0.15) is 47.3 Å². The number of carbonyl (C=O) groups excluding carboxylic acids is 2. The van der Waals surface area contributed by atoms with Gasteiger partial charge >= 0.3 is 0 Å². The molecule has 1 aliphatic rings. The summed E-state index contributed by atoms with van der Waals surface area (Å²) in [5.41, 5.74) is 4.16. The van der Waals surface area contributed by atoms with Gasteiger partial charge in [-0.15, -0.1) is 0 Å². The average molecular weight is 476 g/mol. The van der Waals surface area contributed by atoms with Crippen molar-refractivity contribution in [1.82, 2.24) is 4.90 Å². The zero-order chi connectivity index (χ0) is 24.2. The SMILES string of the molecule is CC(c1ccccc1)N(Cc1cc(NC(=O)c2ccccc2Cl)ccc1N(C)C)C(=O)C1CC1. The molecular weight excluding hydrogens is 446 g/mol. The van der Waals surface area contributed by atoms with Crippen LogP contribution in [0.15, 0.2) is 72.8 Å². The number of amides is 2. The average Bonchev–Trinajstić information content (AvgIpc) is 3.68. The van der Waals surface area contributed by atoms with Crippen LogP contribution in [0.2, 0.25) is 5.02 Å². The highest BCUT2D eigenvalue weighted by Crippen LogP contribution is 2.36. The molecule has 0 bridgehead atoms. The molecule has 176 valence electrons. The summed E-state index contributed by atoms with van der Waals surface area (Å²) >= 11 is 6.20. The van der Waals surface area contributed by atoms with Gasteiger partial charge in [0.25, 0.3) is 5.91 Å². The van der Waals surface area contributed by atoms with Crippen molar-refractivity contribution in [2.24, 2.45) is 5.92 Å². The second-order valence-corrected chi connectivity index (χ2v) is 9.41. The largest absolute Gasteiger partial charge is 0.377 e. The molecule has 3 aromatic carbocycles. The zero-order valence-electron chi connectivity index (χ0n) is 19.8. The number of halogens is 1. The van der Waals surface area contributed by atoms with Crippen LogP contribution in [0.5, 0.6) is 0 Å². The van der Waals surface area contributed by atoms with Crippen molar-refractivity contribution >= 4 is 34.8 Å². The lowest BCUT2D eigenvalue weighted by Crippen LogP contribution is -2.34. The van der Waals surface area contributed by atoms with Gasteiger partial charge in [0.1, 0.15) is 0 Å². The Morgan fingerprint density at radius 2 is 1.68 bits per heavy atom. The second kappa shape index (κ2) is 10.3. The fourth-order valence-electron chi connectivity index (χ4n) is 4.14. The number of nitrogens with one attached hydrogen (secondary N) is 1. The van der Waals surface area contributed by atoms with Crippen LogP contribution in [-0.2, 0) is 11.3 Å². The fourth-order valence-corrected chi connectivity index (χ4v) is 4.36. The number of hydrogen-bond donors (Lipinski definition) is 1. The van der Waals surface area contributed by atoms with Crippen molar-refractivity contribution in [3.63, 3.8) is 0 Å². The molecule has 4 rings (SSSR count). The first kappa shape index (κ1) is 23.8. The van der Waals surface area contributed by atoms with Crippen LogP contribution in [-0.4, -0.2) is 30.8 Å². The van der Waals surface area contributed by atoms with E-state index >= 15 is 0 Å². The normalized spacial score (nSPS) is 13.8. The van der Waals surface area contributed by atoms with Crippen molar-refractivity contribution in [1.29, 1.82) is 0 Å². The third-order valence-corrected chi connectivity index (χ3v) is 6.57. The van der Waals surface area contributed by atoms with Crippen LogP contribution >= 0.6 is 11.6 Å². The molecule has 34 heavy (non-hydrogen) atoms. The molecule has 1 unspecified atom stereocenters. The minimum absolute atomic E-state index is 0.0642. The smallest absolute Gasteiger partial charge is 0.257 e. The van der Waals surface area contributed by atoms with E-state index in [1.165, 1.54) is 0 Å². The summed E-state index contributed by atoms with van der Waals surface area (Å²) in [5, 5.41) is 3.36. The van der Waals surface area contributed by atoms with Crippen molar-refractivity contribution in [2.45, 2.75) is 32.4 Å². The number of anilines is 2. The number of benzene rings is 3. The molecule has 0 aromatic heterocycles. The minimum atomic E-state index is -0.266. The third kappa shape index (κ3) is 5.42. The Bertz CT molecular complexity index is 1180. The Kier molecular flexibility index (Phi) is 7.23. The van der Waals surface area contributed by atoms with Crippen LogP contribution in [0, 0.1) is 5.92 Å². The summed E-state index contributed by atoms with van der Waals surface area (Å²) in [4.78, 5) is 30.1. The summed E-state index contributed by atoms with van der Waals surface area (Å²) < 4.78 is 0. The van der Waals surface area contributed by atoms with E-state index in [9.17, 15) is 9.59 Å². The first-order valence-corrected chi connectivity index (χ1v) is 11.9. The molecule has 1 N–H and O–H groups in total. The van der Waals surface area contributed by atoms with Crippen molar-refractivity contribution < 1.29 is 9.59 Å². The van der Waals surface area contributed by atoms with Crippen molar-refractivity contribution in [3.05, 3.63) is 94.5 Å². The molecule has 0 spiro atoms. The predicted molar refractivity (Wildman–Crippen MR) is 138 cm³/mol. The summed E-state index contributed by atoms with van der Waals surface area (Å²) in [6.07, 6.45) is 1.90. The summed E-state index contributed by atoms with van der Waals surface area (Å²) in [6.45, 7) is 2.53. The summed E-state index contributed by atoms with van der Waals surface area (Å²) in [6, 6.07) is 22.8. The Balaban J connectivity index is 1.64. The number of carbonyl (C=O) groups is 2. The van der Waals surface area contributed by atoms with Crippen molar-refractivity contribution in [2.75, 3.05) is 24.3 Å². The first-order valence-electron chi connectivity index (χ1n) is 11.6. The topological polar surface area (TPSA) is 52.7 Å². The molecule has 0 radical (unpaired) electrons. The highest BCUT2D eigenvalue weighted by atomic mass is 35.5. The number of nitrogens with zero attached hydrogens (tertiary/aromatic N) is 2. The lowest BCUT2D eigenvalue weighted by atomic mass is 10.0. The van der Waals surface area contributed by atoms with Gasteiger partial charge in [-0.1, -0.05) is 54.1 Å². The monoisotopic (exact) mass is 475 g/mol. The van der Waals surface area contributed by atoms with Crippen LogP contribution in [0.25, 0.3) is 0 Å². The second-order valence-electron chi connectivity index (χ2n) is 9.00. The van der Waals surface area contributed by atoms with Gasteiger partial charge in [-0.05, 0) is 61.2 Å². The fraction of sp³-hybridized carbons (Fsp3) is 0.286. The molecule has 6 heteroatoms. The minimum Gasteiger partial charge on any atom is -0.377 e. The van der Waals surface area contributed by atoms with E-state index in [1.807, 2.05) is 60.3 Å². The Morgan fingerprint density at radius 1 is 1.00 bits per heavy atom. The van der Waals surface area contributed by atoms with E-state index in [1.54, 1.807) is 24.3 Å². The summed E-state index contributed by atoms with van der Waals surface area (Å²) in [5.74, 6) is 0.0290. The Morgan fingerprint density at radius 3 is 2.32 bits per heavy atom. The maximum Gasteiger partial charge on any atom is 0.257 e. The third-order valence-electron chi connectivity index (χ3n) is 6.24. The molecule has 3 aromatic rings. The quantitative estimate of drug-likeness (QED) is 0.424. The molecule has 0 saturated heterocycles. The molecule has 2 amide bonds. The highest BCUT2D eigenvalue weighted by Gasteiger charge is 2.36. The number of rotatable bonds is 8. The lowest BCUT2D eigenvalue weighted by molar-refractivity contribution is -0.135. The van der Waals surface area contributed by atoms with E-state index in [0.717, 1.165) is 29.7 Å². The van der Waals surface area contributed by atoms with Gasteiger partial charge in [0, 0.05) is 37.9 Å². The standard InChI is InChI=1S/C28H30ClN3O2/c1-19(20-9-5-4-6-10-20)32(28(34)21-13-14-21)18-22-17-23(15-16-26(22)31(2)3)30-27(33)24-11-7-8-12-25(24)29/h4-12,15-17,19,21H,13-14,18H2,1-3H3,(H,30,33). The van der Waals surface area contributed by atoms with Gasteiger partial charge in [-0.25, -0.2) is 0 Å². The van der Waals surface area contributed by atoms with Gasteiger partial charge < -0.3 is 15.1 Å². The zero-order valence-corrected chi connectivity index (χ0v) is 20.5. The van der Waals surface area contributed by atoms with Gasteiger partial charge in [0.2, 0.25) is 5.91 Å². The summed E-state index contributed by atoms with van der Waals surface area (Å²) in [7, 11) is 3.96. The number of hydrogen-bond acceptors (Lipinski definition) is 3. The highest BCUT2D eigenvalue weighted by molar-refractivity contribution is 6.34. The maximum atomic E-state index is 13.3. The van der Waals surface area contributed by atoms with E-state index in [2.05, 4.69) is 24.4 Å². The molecular formula is C28H30ClN3O2. The van der Waals surface area contributed by atoms with E-state index in [0.29, 0.717) is 22.8 Å². The molecule has 1 aliphatic carbocycles. The molecule has 1 saturated carbocycles. The molecule has 5 nitrogen and oxygen atoms in total. The van der Waals surface area contributed by atoms with Gasteiger partial charge in [-0.2, -0.15) is 0 Å². The van der Waals surface area contributed by atoms with Crippen LogP contribution < -0.4 is 10.2 Å². The molecule has 1 fully saturated rings. The molecule has 0 heterocycles.